The van der Waals surface area contributed by atoms with Crippen LogP contribution in [0.25, 0.3) is 0 Å². The summed E-state index contributed by atoms with van der Waals surface area (Å²) in [7, 11) is 0. The van der Waals surface area contributed by atoms with E-state index in [1.807, 2.05) is 48.4 Å². The molecule has 1 atom stereocenters. The molecule has 2 aromatic rings. The lowest BCUT2D eigenvalue weighted by atomic mass is 10.00. The Morgan fingerprint density at radius 3 is 2.70 bits per heavy atom. The van der Waals surface area contributed by atoms with Crippen LogP contribution in [0.15, 0.2) is 36.5 Å². The number of carbonyl (C=O) groups excluding carboxylic acids is 2. The summed E-state index contributed by atoms with van der Waals surface area (Å²) in [5.41, 5.74) is 9.18. The van der Waals surface area contributed by atoms with Gasteiger partial charge in [0.1, 0.15) is 5.82 Å². The van der Waals surface area contributed by atoms with Crippen molar-refractivity contribution in [2.75, 3.05) is 24.1 Å². The average Bonchev–Trinajstić information content (AvgIpc) is 3.43. The van der Waals surface area contributed by atoms with E-state index in [1.54, 1.807) is 0 Å². The van der Waals surface area contributed by atoms with Crippen molar-refractivity contribution in [1.82, 2.24) is 9.88 Å². The topological polar surface area (TPSA) is 88.3 Å². The molecule has 2 heterocycles. The second-order valence-corrected chi connectivity index (χ2v) is 8.70. The maximum absolute atomic E-state index is 13.1. The number of nitrogens with one attached hydrogen (secondary N) is 1. The third kappa shape index (κ3) is 4.64. The van der Waals surface area contributed by atoms with Crippen LogP contribution in [0.2, 0.25) is 0 Å². The highest BCUT2D eigenvalue weighted by molar-refractivity contribution is 5.98. The molecule has 1 saturated carbocycles. The van der Waals surface area contributed by atoms with E-state index >= 15 is 0 Å². The lowest BCUT2D eigenvalue weighted by molar-refractivity contribution is -0.119. The van der Waals surface area contributed by atoms with Gasteiger partial charge in [0.2, 0.25) is 5.91 Å². The summed E-state index contributed by atoms with van der Waals surface area (Å²) in [5, 5.41) is 3.06. The van der Waals surface area contributed by atoms with Gasteiger partial charge < -0.3 is 16.0 Å². The Hall–Kier alpha value is -2.89. The molecule has 3 N–H and O–H groups in total. The molecular formula is C24H30N4O2. The molecule has 1 saturated heterocycles. The first-order chi connectivity index (χ1) is 14.5. The minimum atomic E-state index is 0.0318. The van der Waals surface area contributed by atoms with Crippen LogP contribution in [-0.4, -0.2) is 34.8 Å². The Labute approximate surface area is 177 Å². The number of benzene rings is 1. The molecule has 6 nitrogen and oxygen atoms in total. The van der Waals surface area contributed by atoms with Crippen molar-refractivity contribution in [2.45, 2.75) is 45.4 Å². The van der Waals surface area contributed by atoms with Crippen LogP contribution in [0.5, 0.6) is 0 Å². The summed E-state index contributed by atoms with van der Waals surface area (Å²) in [6.45, 7) is 3.45. The highest BCUT2D eigenvalue weighted by Crippen LogP contribution is 2.28. The number of pyridine rings is 1. The fourth-order valence-corrected chi connectivity index (χ4v) is 4.57. The fourth-order valence-electron chi connectivity index (χ4n) is 4.57. The number of aromatic nitrogens is 1. The summed E-state index contributed by atoms with van der Waals surface area (Å²) < 4.78 is 0. The normalized spacial score (nSPS) is 19.2. The molecule has 4 rings (SSSR count). The largest absolute Gasteiger partial charge is 0.384 e. The number of nitrogens with zero attached hydrogens (tertiary/aromatic N) is 2. The van der Waals surface area contributed by atoms with E-state index in [4.69, 9.17) is 5.73 Å². The second kappa shape index (κ2) is 8.86. The molecule has 158 valence electrons. The van der Waals surface area contributed by atoms with Gasteiger partial charge in [0.25, 0.3) is 5.91 Å². The number of nitrogen functional groups attached to an aromatic ring is 1. The Morgan fingerprint density at radius 1 is 1.17 bits per heavy atom. The number of hydrogen-bond donors (Lipinski definition) is 2. The first-order valence-corrected chi connectivity index (χ1v) is 10.9. The first-order valence-electron chi connectivity index (χ1n) is 10.9. The van der Waals surface area contributed by atoms with Crippen LogP contribution in [-0.2, 0) is 11.2 Å². The number of anilines is 2. The monoisotopic (exact) mass is 406 g/mol. The van der Waals surface area contributed by atoms with E-state index in [-0.39, 0.29) is 17.7 Å². The van der Waals surface area contributed by atoms with Crippen molar-refractivity contribution in [1.29, 1.82) is 0 Å². The Bertz CT molecular complexity index is 919. The number of carbonyl (C=O) groups is 2. The zero-order valence-corrected chi connectivity index (χ0v) is 17.6. The molecule has 30 heavy (non-hydrogen) atoms. The van der Waals surface area contributed by atoms with E-state index in [1.165, 1.54) is 0 Å². The maximum Gasteiger partial charge on any atom is 0.253 e. The Kier molecular flexibility index (Phi) is 6.02. The number of hydrogen-bond acceptors (Lipinski definition) is 4. The lowest BCUT2D eigenvalue weighted by Crippen LogP contribution is -2.29. The predicted molar refractivity (Wildman–Crippen MR) is 118 cm³/mol. The van der Waals surface area contributed by atoms with Crippen molar-refractivity contribution in [3.8, 4) is 0 Å². The SMILES string of the molecule is Cc1ccc(C(=O)N2CCC(Cc3ccc(N)nc3)C2)cc1NC(=O)C1CCCC1. The number of aryl methyl sites for hydroxylation is 1. The van der Waals surface area contributed by atoms with Gasteiger partial charge in [0, 0.05) is 36.5 Å². The fraction of sp³-hybridized carbons (Fsp3) is 0.458. The molecule has 2 aliphatic rings. The molecule has 2 fully saturated rings. The van der Waals surface area contributed by atoms with Crippen molar-refractivity contribution in [3.63, 3.8) is 0 Å². The van der Waals surface area contributed by atoms with Gasteiger partial charge in [0.15, 0.2) is 0 Å². The second-order valence-electron chi connectivity index (χ2n) is 8.70. The summed E-state index contributed by atoms with van der Waals surface area (Å²) in [6.07, 6.45) is 7.86. The molecule has 2 amide bonds. The van der Waals surface area contributed by atoms with Gasteiger partial charge >= 0.3 is 0 Å². The van der Waals surface area contributed by atoms with Crippen LogP contribution in [0.3, 0.4) is 0 Å². The van der Waals surface area contributed by atoms with Crippen molar-refractivity contribution >= 4 is 23.3 Å². The average molecular weight is 407 g/mol. The summed E-state index contributed by atoms with van der Waals surface area (Å²) in [5.74, 6) is 1.16. The quantitative estimate of drug-likeness (QED) is 0.790. The molecular weight excluding hydrogens is 376 g/mol. The molecule has 1 aliphatic carbocycles. The van der Waals surface area contributed by atoms with Crippen molar-refractivity contribution in [2.24, 2.45) is 11.8 Å². The van der Waals surface area contributed by atoms with E-state index in [2.05, 4.69) is 10.3 Å². The third-order valence-electron chi connectivity index (χ3n) is 6.41. The maximum atomic E-state index is 13.1. The van der Waals surface area contributed by atoms with Crippen LogP contribution in [0.4, 0.5) is 11.5 Å². The predicted octanol–water partition coefficient (Wildman–Crippen LogP) is 3.81. The summed E-state index contributed by atoms with van der Waals surface area (Å²) in [6, 6.07) is 9.44. The molecule has 6 heteroatoms. The lowest BCUT2D eigenvalue weighted by Gasteiger charge is -2.18. The standard InChI is InChI=1S/C24H30N4O2/c1-16-6-8-20(13-21(16)27-23(29)19-4-2-3-5-19)24(30)28-11-10-18(15-28)12-17-7-9-22(25)26-14-17/h6-9,13-14,18-19H,2-5,10-12,15H2,1H3,(H2,25,26)(H,27,29). The molecule has 1 aromatic carbocycles. The molecule has 1 unspecified atom stereocenters. The summed E-state index contributed by atoms with van der Waals surface area (Å²) >= 11 is 0. The molecule has 1 aliphatic heterocycles. The molecule has 1 aromatic heterocycles. The Balaban J connectivity index is 1.39. The van der Waals surface area contributed by atoms with Gasteiger partial charge in [-0.3, -0.25) is 9.59 Å². The van der Waals surface area contributed by atoms with Crippen LogP contribution < -0.4 is 11.1 Å². The highest BCUT2D eigenvalue weighted by atomic mass is 16.2. The molecule has 0 radical (unpaired) electrons. The van der Waals surface area contributed by atoms with Crippen LogP contribution >= 0.6 is 0 Å². The number of nitrogens with two attached hydrogens (primary N) is 1. The van der Waals surface area contributed by atoms with E-state index in [0.29, 0.717) is 17.3 Å². The van der Waals surface area contributed by atoms with Gasteiger partial charge in [-0.15, -0.1) is 0 Å². The van der Waals surface area contributed by atoms with Crippen LogP contribution in [0, 0.1) is 18.8 Å². The zero-order chi connectivity index (χ0) is 21.1. The van der Waals surface area contributed by atoms with Gasteiger partial charge in [-0.25, -0.2) is 4.98 Å². The van der Waals surface area contributed by atoms with E-state index < -0.39 is 0 Å². The third-order valence-corrected chi connectivity index (χ3v) is 6.41. The van der Waals surface area contributed by atoms with Crippen molar-refractivity contribution in [3.05, 3.63) is 53.2 Å². The summed E-state index contributed by atoms with van der Waals surface area (Å²) in [4.78, 5) is 31.7. The Morgan fingerprint density at radius 2 is 1.97 bits per heavy atom. The number of rotatable bonds is 5. The number of likely N-dealkylation sites (tertiary alicyclic amines) is 1. The van der Waals surface area contributed by atoms with Crippen LogP contribution in [0.1, 0.15) is 53.6 Å². The van der Waals surface area contributed by atoms with E-state index in [0.717, 1.165) is 68.4 Å². The minimum Gasteiger partial charge on any atom is -0.384 e. The molecule has 0 spiro atoms. The smallest absolute Gasteiger partial charge is 0.253 e. The van der Waals surface area contributed by atoms with Gasteiger partial charge in [-0.1, -0.05) is 25.0 Å². The number of amides is 2. The van der Waals surface area contributed by atoms with Gasteiger partial charge in [-0.2, -0.15) is 0 Å². The first kappa shape index (κ1) is 20.4. The van der Waals surface area contributed by atoms with E-state index in [9.17, 15) is 9.59 Å². The van der Waals surface area contributed by atoms with Gasteiger partial charge in [-0.05, 0) is 67.9 Å². The molecule has 0 bridgehead atoms. The van der Waals surface area contributed by atoms with Gasteiger partial charge in [0.05, 0.1) is 0 Å². The highest BCUT2D eigenvalue weighted by Gasteiger charge is 2.28. The zero-order valence-electron chi connectivity index (χ0n) is 17.6. The minimum absolute atomic E-state index is 0.0318. The van der Waals surface area contributed by atoms with Crippen molar-refractivity contribution < 1.29 is 9.59 Å².